The Labute approximate surface area is 152 Å². The molecule has 140 valence electrons. The number of ether oxygens (including phenoxy) is 2. The molecule has 0 saturated heterocycles. The average molecular weight is 360 g/mol. The molecule has 0 radical (unpaired) electrons. The maximum Gasteiger partial charge on any atom is 0.338 e. The van der Waals surface area contributed by atoms with Gasteiger partial charge in [-0.1, -0.05) is 6.92 Å². The molecule has 0 spiro atoms. The Balaban J connectivity index is 1.53. The van der Waals surface area contributed by atoms with Gasteiger partial charge >= 0.3 is 5.97 Å². The first-order valence-electron chi connectivity index (χ1n) is 8.93. The highest BCUT2D eigenvalue weighted by Gasteiger charge is 2.25. The zero-order chi connectivity index (χ0) is 18.7. The molecular formula is C19H24N2O5. The van der Waals surface area contributed by atoms with Crippen molar-refractivity contribution in [3.05, 3.63) is 23.8 Å². The number of rotatable bonds is 4. The fourth-order valence-corrected chi connectivity index (χ4v) is 3.35. The molecule has 7 nitrogen and oxygen atoms in total. The van der Waals surface area contributed by atoms with Crippen LogP contribution in [-0.4, -0.2) is 49.0 Å². The summed E-state index contributed by atoms with van der Waals surface area (Å²) < 4.78 is 10.4. The quantitative estimate of drug-likeness (QED) is 0.832. The van der Waals surface area contributed by atoms with Gasteiger partial charge in [0.15, 0.2) is 13.2 Å². The molecule has 1 N–H and O–H groups in total. The fraction of sp³-hybridized carbons (Fsp3) is 0.526. The van der Waals surface area contributed by atoms with E-state index in [1.54, 1.807) is 18.0 Å². The Hall–Kier alpha value is -2.57. The predicted octanol–water partition coefficient (Wildman–Crippen LogP) is 2.21. The smallest absolute Gasteiger partial charge is 0.338 e. The molecule has 3 rings (SSSR count). The van der Waals surface area contributed by atoms with Crippen molar-refractivity contribution in [1.82, 2.24) is 4.90 Å². The lowest BCUT2D eigenvalue weighted by Gasteiger charge is -2.33. The number of benzene rings is 1. The lowest BCUT2D eigenvalue weighted by molar-refractivity contribution is -0.136. The zero-order valence-electron chi connectivity index (χ0n) is 15.1. The van der Waals surface area contributed by atoms with Gasteiger partial charge in [0, 0.05) is 13.1 Å². The number of nitrogens with zero attached hydrogens (tertiary/aromatic N) is 1. The minimum Gasteiger partial charge on any atom is -0.482 e. The number of hydrogen-bond donors (Lipinski definition) is 1. The van der Waals surface area contributed by atoms with Gasteiger partial charge in [-0.3, -0.25) is 9.59 Å². The summed E-state index contributed by atoms with van der Waals surface area (Å²) in [4.78, 5) is 37.5. The van der Waals surface area contributed by atoms with E-state index in [2.05, 4.69) is 12.2 Å². The second kappa shape index (κ2) is 7.76. The Morgan fingerprint density at radius 3 is 2.73 bits per heavy atom. The summed E-state index contributed by atoms with van der Waals surface area (Å²) in [7, 11) is 1.77. The molecular weight excluding hydrogens is 336 g/mol. The van der Waals surface area contributed by atoms with E-state index in [0.717, 1.165) is 25.7 Å². The lowest BCUT2D eigenvalue weighted by Crippen LogP contribution is -2.41. The highest BCUT2D eigenvalue weighted by molar-refractivity contribution is 5.97. The Morgan fingerprint density at radius 2 is 2.00 bits per heavy atom. The van der Waals surface area contributed by atoms with Gasteiger partial charge in [0.2, 0.25) is 0 Å². The van der Waals surface area contributed by atoms with E-state index < -0.39 is 5.97 Å². The number of amides is 2. The van der Waals surface area contributed by atoms with Crippen molar-refractivity contribution in [1.29, 1.82) is 0 Å². The maximum absolute atomic E-state index is 12.3. The number of anilines is 1. The van der Waals surface area contributed by atoms with E-state index in [4.69, 9.17) is 9.47 Å². The van der Waals surface area contributed by atoms with Crippen molar-refractivity contribution in [3.8, 4) is 5.75 Å². The van der Waals surface area contributed by atoms with Crippen LogP contribution >= 0.6 is 0 Å². The summed E-state index contributed by atoms with van der Waals surface area (Å²) in [6, 6.07) is 4.85. The van der Waals surface area contributed by atoms with E-state index in [1.165, 1.54) is 12.1 Å². The topological polar surface area (TPSA) is 84.9 Å². The van der Waals surface area contributed by atoms with Crippen LogP contribution < -0.4 is 10.1 Å². The third kappa shape index (κ3) is 4.15. The fourth-order valence-electron chi connectivity index (χ4n) is 3.35. The molecule has 1 heterocycles. The second-order valence-corrected chi connectivity index (χ2v) is 7.04. The van der Waals surface area contributed by atoms with Crippen LogP contribution in [0, 0.1) is 5.92 Å². The molecule has 2 aliphatic rings. The number of nitrogens with one attached hydrogen (secondary N) is 1. The van der Waals surface area contributed by atoms with E-state index in [9.17, 15) is 14.4 Å². The molecule has 0 bridgehead atoms. The average Bonchev–Trinajstić information content (AvgIpc) is 2.65. The summed E-state index contributed by atoms with van der Waals surface area (Å²) >= 11 is 0. The minimum atomic E-state index is -0.590. The third-order valence-corrected chi connectivity index (χ3v) is 5.10. The monoisotopic (exact) mass is 360 g/mol. The van der Waals surface area contributed by atoms with Crippen LogP contribution in [0.5, 0.6) is 5.75 Å². The van der Waals surface area contributed by atoms with E-state index in [0.29, 0.717) is 17.4 Å². The molecule has 1 aliphatic heterocycles. The molecule has 0 atom stereocenters. The van der Waals surface area contributed by atoms with Crippen LogP contribution in [0.3, 0.4) is 0 Å². The van der Waals surface area contributed by atoms with Gasteiger partial charge in [-0.15, -0.1) is 0 Å². The van der Waals surface area contributed by atoms with Crippen LogP contribution in [0.15, 0.2) is 18.2 Å². The van der Waals surface area contributed by atoms with Crippen LogP contribution in [0.1, 0.15) is 43.0 Å². The highest BCUT2D eigenvalue weighted by atomic mass is 16.5. The van der Waals surface area contributed by atoms with Crippen molar-refractivity contribution in [3.63, 3.8) is 0 Å². The number of carbonyl (C=O) groups excluding carboxylic acids is 3. The number of esters is 1. The molecule has 1 aliphatic carbocycles. The maximum atomic E-state index is 12.3. The molecule has 1 aromatic carbocycles. The minimum absolute atomic E-state index is 0.0885. The van der Waals surface area contributed by atoms with E-state index in [1.807, 2.05) is 0 Å². The van der Waals surface area contributed by atoms with Gasteiger partial charge in [0.05, 0.1) is 11.3 Å². The molecule has 1 fully saturated rings. The van der Waals surface area contributed by atoms with E-state index >= 15 is 0 Å². The lowest BCUT2D eigenvalue weighted by atomic mass is 9.87. The van der Waals surface area contributed by atoms with Crippen LogP contribution in [-0.2, 0) is 14.3 Å². The van der Waals surface area contributed by atoms with Crippen LogP contribution in [0.25, 0.3) is 0 Å². The molecule has 0 aromatic heterocycles. The largest absolute Gasteiger partial charge is 0.482 e. The summed E-state index contributed by atoms with van der Waals surface area (Å²) in [6.45, 7) is 1.86. The van der Waals surface area contributed by atoms with Crippen LogP contribution in [0.2, 0.25) is 0 Å². The summed E-state index contributed by atoms with van der Waals surface area (Å²) in [5, 5.41) is 2.65. The first-order chi connectivity index (χ1) is 12.4. The SMILES string of the molecule is CC1CCC(N(C)C(=O)COC(=O)c2ccc3c(c2)OCC(=O)N3)CC1. The molecule has 7 heteroatoms. The van der Waals surface area contributed by atoms with Gasteiger partial charge in [-0.05, 0) is 49.8 Å². The first kappa shape index (κ1) is 18.2. The highest BCUT2D eigenvalue weighted by Crippen LogP contribution is 2.29. The van der Waals surface area contributed by atoms with Crippen molar-refractivity contribution >= 4 is 23.5 Å². The summed E-state index contributed by atoms with van der Waals surface area (Å²) in [6.07, 6.45) is 4.22. The normalized spacial score (nSPS) is 21.8. The molecule has 0 unspecified atom stereocenters. The van der Waals surface area contributed by atoms with Crippen molar-refractivity contribution in [2.24, 2.45) is 5.92 Å². The number of hydrogen-bond acceptors (Lipinski definition) is 5. The molecule has 26 heavy (non-hydrogen) atoms. The van der Waals surface area contributed by atoms with Crippen molar-refractivity contribution in [2.75, 3.05) is 25.6 Å². The number of fused-ring (bicyclic) bond motifs is 1. The Kier molecular flexibility index (Phi) is 5.44. The van der Waals surface area contributed by atoms with Crippen LogP contribution in [0.4, 0.5) is 5.69 Å². The summed E-state index contributed by atoms with van der Waals surface area (Å²) in [5.41, 5.74) is 0.793. The van der Waals surface area contributed by atoms with Gasteiger partial charge in [0.25, 0.3) is 11.8 Å². The Bertz CT molecular complexity index is 710. The van der Waals surface area contributed by atoms with E-state index in [-0.39, 0.29) is 36.6 Å². The number of likely N-dealkylation sites (N-methyl/N-ethyl adjacent to an activating group) is 1. The first-order valence-corrected chi connectivity index (χ1v) is 8.93. The van der Waals surface area contributed by atoms with Gasteiger partial charge in [-0.25, -0.2) is 4.79 Å². The third-order valence-electron chi connectivity index (χ3n) is 5.10. The standard InChI is InChI=1S/C19H24N2O5/c1-12-3-6-14(7-4-12)21(2)18(23)11-26-19(24)13-5-8-15-16(9-13)25-10-17(22)20-15/h5,8-9,12,14H,3-4,6-7,10-11H2,1-2H3,(H,20,22). The van der Waals surface area contributed by atoms with Crippen molar-refractivity contribution in [2.45, 2.75) is 38.6 Å². The molecule has 2 amide bonds. The van der Waals surface area contributed by atoms with Gasteiger partial charge < -0.3 is 19.7 Å². The Morgan fingerprint density at radius 1 is 1.27 bits per heavy atom. The number of carbonyl (C=O) groups is 3. The molecule has 1 aromatic rings. The van der Waals surface area contributed by atoms with Gasteiger partial charge in [0.1, 0.15) is 5.75 Å². The van der Waals surface area contributed by atoms with Crippen molar-refractivity contribution < 1.29 is 23.9 Å². The molecule has 1 saturated carbocycles. The second-order valence-electron chi connectivity index (χ2n) is 7.04. The summed E-state index contributed by atoms with van der Waals surface area (Å²) in [5.74, 6) is 0.104. The predicted molar refractivity (Wildman–Crippen MR) is 95.0 cm³/mol. The van der Waals surface area contributed by atoms with Gasteiger partial charge in [-0.2, -0.15) is 0 Å². The zero-order valence-corrected chi connectivity index (χ0v) is 15.1.